The van der Waals surface area contributed by atoms with Crippen molar-refractivity contribution in [3.63, 3.8) is 0 Å². The van der Waals surface area contributed by atoms with E-state index in [2.05, 4.69) is 18.7 Å². The van der Waals surface area contributed by atoms with E-state index in [1.54, 1.807) is 0 Å². The fraction of sp³-hybridized carbons (Fsp3) is 0.647. The van der Waals surface area contributed by atoms with Crippen LogP contribution < -0.4 is 0 Å². The summed E-state index contributed by atoms with van der Waals surface area (Å²) >= 11 is 0. The molecule has 1 aromatic rings. The number of β-amino-alcohol motifs (C(OH)–C–C–N with tert-alkyl or cyclic N) is 1. The molecule has 0 aromatic heterocycles. The van der Waals surface area contributed by atoms with Gasteiger partial charge in [-0.3, -0.25) is 0 Å². The summed E-state index contributed by atoms with van der Waals surface area (Å²) in [5.41, 5.74) is 0.773. The summed E-state index contributed by atoms with van der Waals surface area (Å²) in [7, 11) is 0. The Morgan fingerprint density at radius 3 is 2.32 bits per heavy atom. The van der Waals surface area contributed by atoms with Gasteiger partial charge in [-0.15, -0.1) is 0 Å². The van der Waals surface area contributed by atoms with Crippen molar-refractivity contribution in [1.82, 2.24) is 4.90 Å². The zero-order valence-corrected chi connectivity index (χ0v) is 12.5. The summed E-state index contributed by atoms with van der Waals surface area (Å²) in [6.45, 7) is 9.54. The lowest BCUT2D eigenvalue weighted by atomic mass is 9.78. The quantitative estimate of drug-likeness (QED) is 0.898. The normalized spacial score (nSPS) is 22.9. The molecule has 0 bridgehead atoms. The van der Waals surface area contributed by atoms with E-state index >= 15 is 0 Å². The average Bonchev–Trinajstić information content (AvgIpc) is 2.42. The second-order valence-electron chi connectivity index (χ2n) is 6.58. The molecule has 0 saturated carbocycles. The maximum absolute atomic E-state index is 10.7. The number of piperidine rings is 1. The monoisotopic (exact) mass is 261 g/mol. The molecule has 1 atom stereocenters. The highest BCUT2D eigenvalue weighted by Crippen LogP contribution is 2.35. The van der Waals surface area contributed by atoms with Gasteiger partial charge >= 0.3 is 0 Å². The highest BCUT2D eigenvalue weighted by Gasteiger charge is 2.32. The molecule has 1 aliphatic heterocycles. The van der Waals surface area contributed by atoms with Crippen molar-refractivity contribution in [2.45, 2.75) is 45.6 Å². The minimum Gasteiger partial charge on any atom is -0.384 e. The van der Waals surface area contributed by atoms with E-state index in [1.807, 2.05) is 37.3 Å². The maximum atomic E-state index is 10.7. The summed E-state index contributed by atoms with van der Waals surface area (Å²) < 4.78 is 0. The minimum absolute atomic E-state index is 0.509. The average molecular weight is 261 g/mol. The Hall–Kier alpha value is -0.860. The predicted octanol–water partition coefficient (Wildman–Crippen LogP) is 3.41. The van der Waals surface area contributed by atoms with Crippen LogP contribution in [0.3, 0.4) is 0 Å². The number of benzene rings is 1. The topological polar surface area (TPSA) is 23.5 Å². The van der Waals surface area contributed by atoms with Gasteiger partial charge in [-0.1, -0.05) is 50.6 Å². The Morgan fingerprint density at radius 2 is 1.79 bits per heavy atom. The molecule has 1 unspecified atom stereocenters. The van der Waals surface area contributed by atoms with E-state index in [9.17, 15) is 5.11 Å². The molecule has 1 aliphatic rings. The maximum Gasteiger partial charge on any atom is 0.0994 e. The smallest absolute Gasteiger partial charge is 0.0994 e. The molecule has 0 spiro atoms. The van der Waals surface area contributed by atoms with Gasteiger partial charge in [0.15, 0.2) is 0 Å². The molecular weight excluding hydrogens is 234 g/mol. The Balaban J connectivity index is 1.95. The first-order valence-corrected chi connectivity index (χ1v) is 7.45. The minimum atomic E-state index is -0.749. The Labute approximate surface area is 117 Å². The van der Waals surface area contributed by atoms with Crippen molar-refractivity contribution in [2.75, 3.05) is 19.6 Å². The SMILES string of the molecule is CCC1(C)CCN(CC(C)(O)c2ccccc2)CC1. The fourth-order valence-electron chi connectivity index (χ4n) is 2.93. The van der Waals surface area contributed by atoms with Gasteiger partial charge in [0.25, 0.3) is 0 Å². The number of likely N-dealkylation sites (tertiary alicyclic amines) is 1. The molecule has 1 heterocycles. The van der Waals surface area contributed by atoms with Crippen molar-refractivity contribution in [1.29, 1.82) is 0 Å². The number of aliphatic hydroxyl groups is 1. The van der Waals surface area contributed by atoms with Crippen LogP contribution in [0.15, 0.2) is 30.3 Å². The van der Waals surface area contributed by atoms with Crippen LogP contribution in [0.1, 0.15) is 45.6 Å². The van der Waals surface area contributed by atoms with E-state index in [-0.39, 0.29) is 0 Å². The van der Waals surface area contributed by atoms with Crippen LogP contribution in [0, 0.1) is 5.41 Å². The van der Waals surface area contributed by atoms with Gasteiger partial charge in [0.05, 0.1) is 5.60 Å². The van der Waals surface area contributed by atoms with Crippen molar-refractivity contribution in [3.05, 3.63) is 35.9 Å². The molecule has 0 amide bonds. The Bertz CT molecular complexity index is 391. The molecule has 1 fully saturated rings. The fourth-order valence-corrected chi connectivity index (χ4v) is 2.93. The molecule has 106 valence electrons. The van der Waals surface area contributed by atoms with E-state index < -0.39 is 5.60 Å². The second-order valence-corrected chi connectivity index (χ2v) is 6.58. The molecule has 1 saturated heterocycles. The first-order chi connectivity index (χ1) is 8.95. The Morgan fingerprint density at radius 1 is 1.21 bits per heavy atom. The molecule has 0 radical (unpaired) electrons. The highest BCUT2D eigenvalue weighted by molar-refractivity contribution is 5.21. The lowest BCUT2D eigenvalue weighted by Crippen LogP contribution is -2.45. The van der Waals surface area contributed by atoms with Crippen LogP contribution in [0.4, 0.5) is 0 Å². The third-order valence-electron chi connectivity index (χ3n) is 4.84. The van der Waals surface area contributed by atoms with Crippen LogP contribution in [0.25, 0.3) is 0 Å². The van der Waals surface area contributed by atoms with Crippen molar-refractivity contribution < 1.29 is 5.11 Å². The van der Waals surface area contributed by atoms with E-state index in [1.165, 1.54) is 19.3 Å². The third-order valence-corrected chi connectivity index (χ3v) is 4.84. The van der Waals surface area contributed by atoms with E-state index in [0.717, 1.165) is 25.2 Å². The van der Waals surface area contributed by atoms with Crippen molar-refractivity contribution in [2.24, 2.45) is 5.41 Å². The first kappa shape index (κ1) is 14.5. The lowest BCUT2D eigenvalue weighted by Gasteiger charge is -2.41. The van der Waals surface area contributed by atoms with Gasteiger partial charge in [-0.05, 0) is 43.8 Å². The first-order valence-electron chi connectivity index (χ1n) is 7.45. The number of rotatable bonds is 4. The van der Waals surface area contributed by atoms with Gasteiger partial charge in [0.1, 0.15) is 0 Å². The third kappa shape index (κ3) is 3.58. The van der Waals surface area contributed by atoms with E-state index in [0.29, 0.717) is 5.41 Å². The van der Waals surface area contributed by atoms with Crippen molar-refractivity contribution in [3.8, 4) is 0 Å². The Kier molecular flexibility index (Phi) is 4.32. The molecular formula is C17H27NO. The molecule has 2 heteroatoms. The second kappa shape index (κ2) is 5.64. The lowest BCUT2D eigenvalue weighted by molar-refractivity contribution is -0.00401. The summed E-state index contributed by atoms with van der Waals surface area (Å²) in [4.78, 5) is 2.41. The molecule has 1 N–H and O–H groups in total. The van der Waals surface area contributed by atoms with Crippen LogP contribution in [0.2, 0.25) is 0 Å². The molecule has 19 heavy (non-hydrogen) atoms. The predicted molar refractivity (Wildman–Crippen MR) is 80.1 cm³/mol. The molecule has 1 aromatic carbocycles. The van der Waals surface area contributed by atoms with Gasteiger partial charge in [0.2, 0.25) is 0 Å². The summed E-state index contributed by atoms with van der Waals surface area (Å²) in [5, 5.41) is 10.7. The molecule has 0 aliphatic carbocycles. The number of hydrogen-bond acceptors (Lipinski definition) is 2. The summed E-state index contributed by atoms with van der Waals surface area (Å²) in [5.74, 6) is 0. The van der Waals surface area contributed by atoms with Gasteiger partial charge in [0, 0.05) is 6.54 Å². The summed E-state index contributed by atoms with van der Waals surface area (Å²) in [6.07, 6.45) is 3.75. The van der Waals surface area contributed by atoms with Crippen LogP contribution in [-0.2, 0) is 5.60 Å². The molecule has 2 nitrogen and oxygen atoms in total. The highest BCUT2D eigenvalue weighted by atomic mass is 16.3. The molecule has 2 rings (SSSR count). The van der Waals surface area contributed by atoms with Crippen molar-refractivity contribution >= 4 is 0 Å². The largest absolute Gasteiger partial charge is 0.384 e. The van der Waals surface area contributed by atoms with Crippen LogP contribution in [-0.4, -0.2) is 29.6 Å². The van der Waals surface area contributed by atoms with E-state index in [4.69, 9.17) is 0 Å². The number of hydrogen-bond donors (Lipinski definition) is 1. The van der Waals surface area contributed by atoms with Crippen LogP contribution >= 0.6 is 0 Å². The zero-order chi connectivity index (χ0) is 13.9. The number of nitrogens with zero attached hydrogens (tertiary/aromatic N) is 1. The van der Waals surface area contributed by atoms with Gasteiger partial charge in [-0.25, -0.2) is 0 Å². The van der Waals surface area contributed by atoms with Crippen LogP contribution in [0.5, 0.6) is 0 Å². The van der Waals surface area contributed by atoms with Gasteiger partial charge < -0.3 is 10.0 Å². The van der Waals surface area contributed by atoms with Gasteiger partial charge in [-0.2, -0.15) is 0 Å². The standard InChI is InChI=1S/C17H27NO/c1-4-16(2)10-12-18(13-11-16)14-17(3,19)15-8-6-5-7-9-15/h5-9,19H,4,10-14H2,1-3H3. The zero-order valence-electron chi connectivity index (χ0n) is 12.5. The summed E-state index contributed by atoms with van der Waals surface area (Å²) in [6, 6.07) is 10.0.